The van der Waals surface area contributed by atoms with Crippen molar-refractivity contribution >= 4 is 29.7 Å². The van der Waals surface area contributed by atoms with Crippen molar-refractivity contribution in [1.29, 1.82) is 0 Å². The zero-order chi connectivity index (χ0) is 19.2. The van der Waals surface area contributed by atoms with Crippen LogP contribution in [0.4, 0.5) is 0 Å². The van der Waals surface area contributed by atoms with Crippen molar-refractivity contribution in [3.8, 4) is 5.75 Å². The Morgan fingerprint density at radius 2 is 2.11 bits per heavy atom. The third-order valence-corrected chi connectivity index (χ3v) is 4.50. The second kappa shape index (κ2) is 8.83. The smallest absolute Gasteiger partial charge is 0.251 e. The molecule has 0 saturated carbocycles. The van der Waals surface area contributed by atoms with Gasteiger partial charge >= 0.3 is 0 Å². The number of H-pyrrole nitrogens is 1. The van der Waals surface area contributed by atoms with E-state index in [0.29, 0.717) is 40.1 Å². The topological polar surface area (TPSA) is 71.9 Å². The van der Waals surface area contributed by atoms with E-state index in [1.807, 2.05) is 41.8 Å². The summed E-state index contributed by atoms with van der Waals surface area (Å²) in [6, 6.07) is 14.5. The minimum Gasteiger partial charge on any atom is -0.489 e. The van der Waals surface area contributed by atoms with Crippen molar-refractivity contribution in [2.24, 2.45) is 0 Å². The van der Waals surface area contributed by atoms with Gasteiger partial charge in [0.1, 0.15) is 12.4 Å². The van der Waals surface area contributed by atoms with E-state index in [1.54, 1.807) is 18.2 Å². The van der Waals surface area contributed by atoms with Gasteiger partial charge in [-0.1, -0.05) is 29.8 Å². The largest absolute Gasteiger partial charge is 0.489 e. The first-order valence-electron chi connectivity index (χ1n) is 8.46. The van der Waals surface area contributed by atoms with Crippen LogP contribution in [0.5, 0.6) is 5.75 Å². The molecule has 0 spiro atoms. The predicted octanol–water partition coefficient (Wildman–Crippen LogP) is 4.12. The molecule has 1 amide bonds. The monoisotopic (exact) mass is 402 g/mol. The van der Waals surface area contributed by atoms with Crippen molar-refractivity contribution in [2.75, 3.05) is 0 Å². The van der Waals surface area contributed by atoms with E-state index in [9.17, 15) is 4.79 Å². The highest BCUT2D eigenvalue weighted by molar-refractivity contribution is 7.71. The number of ether oxygens (including phenoxy) is 1. The molecule has 0 atom stereocenters. The normalized spacial score (nSPS) is 10.6. The molecule has 3 aromatic rings. The third-order valence-electron chi connectivity index (χ3n) is 3.95. The molecular weight excluding hydrogens is 384 g/mol. The van der Waals surface area contributed by atoms with Crippen LogP contribution in [0.3, 0.4) is 0 Å². The highest BCUT2D eigenvalue weighted by atomic mass is 35.5. The molecule has 0 saturated heterocycles. The first-order valence-corrected chi connectivity index (χ1v) is 9.25. The Labute approximate surface area is 167 Å². The van der Waals surface area contributed by atoms with Gasteiger partial charge in [-0.2, -0.15) is 5.10 Å². The number of benzene rings is 2. The molecule has 8 heteroatoms. The number of carbonyl (C=O) groups excluding carboxylic acids is 1. The van der Waals surface area contributed by atoms with E-state index in [2.05, 4.69) is 15.5 Å². The quantitative estimate of drug-likeness (QED) is 0.583. The van der Waals surface area contributed by atoms with Crippen molar-refractivity contribution in [1.82, 2.24) is 20.1 Å². The lowest BCUT2D eigenvalue weighted by atomic mass is 10.2. The van der Waals surface area contributed by atoms with Crippen LogP contribution < -0.4 is 10.1 Å². The summed E-state index contributed by atoms with van der Waals surface area (Å²) in [5.41, 5.74) is 1.47. The number of aromatic nitrogens is 3. The van der Waals surface area contributed by atoms with Crippen LogP contribution in [-0.4, -0.2) is 20.7 Å². The van der Waals surface area contributed by atoms with Crippen LogP contribution in [-0.2, 0) is 19.7 Å². The average Bonchev–Trinajstić information content (AvgIpc) is 3.04. The highest BCUT2D eigenvalue weighted by Crippen LogP contribution is 2.17. The summed E-state index contributed by atoms with van der Waals surface area (Å²) in [5, 5.41) is 10.4. The Bertz CT molecular complexity index is 999. The van der Waals surface area contributed by atoms with Gasteiger partial charge in [-0.15, -0.1) is 0 Å². The molecule has 6 nitrogen and oxygen atoms in total. The average molecular weight is 403 g/mol. The van der Waals surface area contributed by atoms with Crippen molar-refractivity contribution in [2.45, 2.75) is 26.6 Å². The van der Waals surface area contributed by atoms with Crippen molar-refractivity contribution < 1.29 is 9.53 Å². The van der Waals surface area contributed by atoms with Gasteiger partial charge in [-0.05, 0) is 55.0 Å². The van der Waals surface area contributed by atoms with Gasteiger partial charge < -0.3 is 14.6 Å². The highest BCUT2D eigenvalue weighted by Gasteiger charge is 2.10. The second-order valence-electron chi connectivity index (χ2n) is 5.82. The molecule has 0 aliphatic carbocycles. The van der Waals surface area contributed by atoms with Gasteiger partial charge in [0.15, 0.2) is 10.6 Å². The Morgan fingerprint density at radius 3 is 2.89 bits per heavy atom. The molecule has 140 valence electrons. The molecule has 0 aliphatic rings. The van der Waals surface area contributed by atoms with E-state index in [1.165, 1.54) is 0 Å². The molecule has 0 fully saturated rings. The number of amides is 1. The fourth-order valence-corrected chi connectivity index (χ4v) is 3.09. The molecule has 0 bridgehead atoms. The predicted molar refractivity (Wildman–Crippen MR) is 106 cm³/mol. The summed E-state index contributed by atoms with van der Waals surface area (Å²) in [6.45, 7) is 3.31. The van der Waals surface area contributed by atoms with Crippen LogP contribution in [0.2, 0.25) is 5.02 Å². The zero-order valence-electron chi connectivity index (χ0n) is 14.7. The van der Waals surface area contributed by atoms with E-state index < -0.39 is 0 Å². The summed E-state index contributed by atoms with van der Waals surface area (Å²) in [6.07, 6.45) is 0. The maximum absolute atomic E-state index is 12.4. The summed E-state index contributed by atoms with van der Waals surface area (Å²) in [5.74, 6) is 1.09. The summed E-state index contributed by atoms with van der Waals surface area (Å²) < 4.78 is 8.14. The Morgan fingerprint density at radius 1 is 1.30 bits per heavy atom. The Kier molecular flexibility index (Phi) is 6.26. The number of nitrogens with zero attached hydrogens (tertiary/aromatic N) is 2. The van der Waals surface area contributed by atoms with Crippen molar-refractivity contribution in [3.05, 3.63) is 75.3 Å². The Hall–Kier alpha value is -2.64. The fraction of sp³-hybridized carbons (Fsp3) is 0.211. The molecule has 2 aromatic carbocycles. The summed E-state index contributed by atoms with van der Waals surface area (Å²) >= 11 is 11.1. The molecule has 2 N–H and O–H groups in total. The number of halogens is 1. The van der Waals surface area contributed by atoms with Gasteiger partial charge in [0.05, 0.1) is 6.54 Å². The first-order chi connectivity index (χ1) is 13.1. The summed E-state index contributed by atoms with van der Waals surface area (Å²) in [4.78, 5) is 12.4. The first kappa shape index (κ1) is 19.1. The molecule has 0 unspecified atom stereocenters. The van der Waals surface area contributed by atoms with Crippen LogP contribution in [0, 0.1) is 4.77 Å². The number of hydrogen-bond donors (Lipinski definition) is 2. The summed E-state index contributed by atoms with van der Waals surface area (Å²) in [7, 11) is 0. The maximum atomic E-state index is 12.4. The van der Waals surface area contributed by atoms with E-state index in [-0.39, 0.29) is 12.5 Å². The molecule has 0 aliphatic heterocycles. The van der Waals surface area contributed by atoms with Gasteiger partial charge in [0.25, 0.3) is 5.91 Å². The number of nitrogens with one attached hydrogen (secondary N) is 2. The van der Waals surface area contributed by atoms with Crippen LogP contribution in [0.1, 0.15) is 28.7 Å². The minimum absolute atomic E-state index is 0.209. The molecule has 3 rings (SSSR count). The number of hydrogen-bond acceptors (Lipinski definition) is 4. The van der Waals surface area contributed by atoms with Gasteiger partial charge in [-0.25, -0.2) is 0 Å². The lowest BCUT2D eigenvalue weighted by molar-refractivity contribution is 0.0949. The molecule has 1 aromatic heterocycles. The third kappa shape index (κ3) is 4.96. The number of carbonyl (C=O) groups is 1. The number of rotatable bonds is 7. The lowest BCUT2D eigenvalue weighted by Gasteiger charge is -2.09. The number of aromatic amines is 1. The molecular formula is C19H19ClN4O2S. The Balaban J connectivity index is 1.62. The van der Waals surface area contributed by atoms with E-state index in [4.69, 9.17) is 28.6 Å². The van der Waals surface area contributed by atoms with Crippen LogP contribution >= 0.6 is 23.8 Å². The molecule has 0 radical (unpaired) electrons. The molecule has 27 heavy (non-hydrogen) atoms. The standard InChI is InChI=1S/C19H19ClN4O2S/c1-2-24-17(22-23-19(24)27)11-21-18(25)14-6-4-8-16(10-14)26-12-13-5-3-7-15(20)9-13/h3-10H,2,11-12H2,1H3,(H,21,25)(H,23,27). The van der Waals surface area contributed by atoms with E-state index in [0.717, 1.165) is 5.56 Å². The minimum atomic E-state index is -0.209. The fourth-order valence-electron chi connectivity index (χ4n) is 2.59. The van der Waals surface area contributed by atoms with Crippen molar-refractivity contribution in [3.63, 3.8) is 0 Å². The van der Waals surface area contributed by atoms with Gasteiger partial charge in [0.2, 0.25) is 0 Å². The van der Waals surface area contributed by atoms with Crippen LogP contribution in [0.15, 0.2) is 48.5 Å². The van der Waals surface area contributed by atoms with Gasteiger partial charge in [0, 0.05) is 17.1 Å². The lowest BCUT2D eigenvalue weighted by Crippen LogP contribution is -2.24. The SMILES string of the molecule is CCn1c(CNC(=O)c2cccc(OCc3cccc(Cl)c3)c2)n[nH]c1=S. The second-order valence-corrected chi connectivity index (χ2v) is 6.64. The van der Waals surface area contributed by atoms with E-state index >= 15 is 0 Å². The van der Waals surface area contributed by atoms with Crippen LogP contribution in [0.25, 0.3) is 0 Å². The maximum Gasteiger partial charge on any atom is 0.251 e. The zero-order valence-corrected chi connectivity index (χ0v) is 16.3. The molecule has 1 heterocycles. The van der Waals surface area contributed by atoms with Gasteiger partial charge in [-0.3, -0.25) is 9.89 Å².